The molecule has 0 amide bonds. The third-order valence-corrected chi connectivity index (χ3v) is 3.53. The number of benzene rings is 1. The molecule has 1 aromatic heterocycles. The average Bonchev–Trinajstić information content (AvgIpc) is 2.96. The summed E-state index contributed by atoms with van der Waals surface area (Å²) in [6.07, 6.45) is 0.818. The van der Waals surface area contributed by atoms with Crippen LogP contribution in [0.4, 0.5) is 5.82 Å². The number of ether oxygens (including phenoxy) is 2. The number of nitrogens with two attached hydrogens (primary N) is 1. The summed E-state index contributed by atoms with van der Waals surface area (Å²) in [5.74, 6) is 2.17. The second-order valence-corrected chi connectivity index (χ2v) is 4.87. The first-order valence-electron chi connectivity index (χ1n) is 5.88. The lowest BCUT2D eigenvalue weighted by Crippen LogP contribution is -2.05. The Kier molecular flexibility index (Phi) is 2.78. The van der Waals surface area contributed by atoms with E-state index >= 15 is 0 Å². The number of anilines is 1. The maximum absolute atomic E-state index is 6.43. The molecule has 0 saturated heterocycles. The number of rotatable bonds is 2. The summed E-state index contributed by atoms with van der Waals surface area (Å²) in [7, 11) is 1.59. The van der Waals surface area contributed by atoms with Crippen molar-refractivity contribution in [2.24, 2.45) is 0 Å². The molecule has 2 N–H and O–H groups in total. The first-order chi connectivity index (χ1) is 9.10. The van der Waals surface area contributed by atoms with Gasteiger partial charge in [-0.1, -0.05) is 16.8 Å². The monoisotopic (exact) mass is 280 g/mol. The minimum Gasteiger partial charge on any atom is -0.493 e. The summed E-state index contributed by atoms with van der Waals surface area (Å²) in [6, 6.07) is 3.41. The Morgan fingerprint density at radius 1 is 1.47 bits per heavy atom. The van der Waals surface area contributed by atoms with Gasteiger partial charge in [-0.2, -0.15) is 0 Å². The largest absolute Gasteiger partial charge is 0.493 e. The second kappa shape index (κ2) is 4.35. The Bertz CT molecular complexity index is 639. The molecule has 6 heteroatoms. The minimum absolute atomic E-state index is 0.0800. The molecular formula is C13H13ClN2O3. The summed E-state index contributed by atoms with van der Waals surface area (Å²) < 4.78 is 16.2. The van der Waals surface area contributed by atoms with Gasteiger partial charge in [-0.3, -0.25) is 0 Å². The topological polar surface area (TPSA) is 70.5 Å². The highest BCUT2D eigenvalue weighted by molar-refractivity contribution is 6.34. The molecule has 1 aliphatic rings. The number of halogens is 1. The Balaban J connectivity index is 2.20. The maximum Gasteiger partial charge on any atom is 0.170 e. The molecule has 1 unspecified atom stereocenters. The number of nitrogens with zero attached hydrogens (tertiary/aromatic N) is 1. The lowest BCUT2D eigenvalue weighted by atomic mass is 10.0. The average molecular weight is 281 g/mol. The van der Waals surface area contributed by atoms with Crippen LogP contribution in [0, 0.1) is 0 Å². The predicted molar refractivity (Wildman–Crippen MR) is 71.7 cm³/mol. The van der Waals surface area contributed by atoms with Crippen LogP contribution in [0.25, 0.3) is 11.3 Å². The van der Waals surface area contributed by atoms with E-state index in [1.54, 1.807) is 19.2 Å². The van der Waals surface area contributed by atoms with Gasteiger partial charge in [0.05, 0.1) is 12.1 Å². The number of hydrogen-bond donors (Lipinski definition) is 1. The summed E-state index contributed by atoms with van der Waals surface area (Å²) >= 11 is 6.43. The molecule has 100 valence electrons. The van der Waals surface area contributed by atoms with Gasteiger partial charge in [-0.25, -0.2) is 0 Å². The quantitative estimate of drug-likeness (QED) is 0.916. The summed E-state index contributed by atoms with van der Waals surface area (Å²) in [6.45, 7) is 1.99. The fourth-order valence-electron chi connectivity index (χ4n) is 2.26. The molecule has 1 aromatic carbocycles. The van der Waals surface area contributed by atoms with Crippen molar-refractivity contribution < 1.29 is 14.0 Å². The van der Waals surface area contributed by atoms with Gasteiger partial charge in [0.25, 0.3) is 0 Å². The van der Waals surface area contributed by atoms with Crippen molar-refractivity contribution in [1.82, 2.24) is 5.16 Å². The maximum atomic E-state index is 6.43. The van der Waals surface area contributed by atoms with Gasteiger partial charge in [0.15, 0.2) is 23.1 Å². The Hall–Kier alpha value is -1.88. The molecule has 19 heavy (non-hydrogen) atoms. The van der Waals surface area contributed by atoms with Gasteiger partial charge in [0.1, 0.15) is 6.10 Å². The van der Waals surface area contributed by atoms with E-state index in [2.05, 4.69) is 5.16 Å². The Morgan fingerprint density at radius 3 is 2.89 bits per heavy atom. The first-order valence-corrected chi connectivity index (χ1v) is 6.26. The molecule has 1 atom stereocenters. The highest BCUT2D eigenvalue weighted by Gasteiger charge is 2.29. The zero-order valence-corrected chi connectivity index (χ0v) is 11.3. The zero-order chi connectivity index (χ0) is 13.6. The molecule has 2 aromatic rings. The van der Waals surface area contributed by atoms with Crippen LogP contribution in [-0.2, 0) is 6.42 Å². The molecule has 2 heterocycles. The second-order valence-electron chi connectivity index (χ2n) is 4.50. The third-order valence-electron chi connectivity index (χ3n) is 3.10. The lowest BCUT2D eigenvalue weighted by molar-refractivity contribution is 0.243. The van der Waals surface area contributed by atoms with E-state index in [0.717, 1.165) is 12.0 Å². The number of aromatic nitrogens is 1. The summed E-state index contributed by atoms with van der Waals surface area (Å²) in [5, 5.41) is 4.26. The third kappa shape index (κ3) is 1.90. The van der Waals surface area contributed by atoms with E-state index in [9.17, 15) is 0 Å². The van der Waals surface area contributed by atoms with Crippen LogP contribution in [0.3, 0.4) is 0 Å². The standard InChI is InChI=1S/C13H13ClN2O3/c1-6-3-8-12(14)7(9-5-11(15)16-19-9)4-10(17-2)13(8)18-6/h4-6H,3H2,1-2H3,(H2,15,16). The van der Waals surface area contributed by atoms with E-state index in [1.807, 2.05) is 6.92 Å². The van der Waals surface area contributed by atoms with Crippen molar-refractivity contribution in [3.63, 3.8) is 0 Å². The van der Waals surface area contributed by atoms with Crippen molar-refractivity contribution in [1.29, 1.82) is 0 Å². The van der Waals surface area contributed by atoms with Crippen molar-refractivity contribution in [2.75, 3.05) is 12.8 Å². The molecule has 1 aliphatic heterocycles. The molecule has 5 nitrogen and oxygen atoms in total. The molecule has 0 bridgehead atoms. The van der Waals surface area contributed by atoms with Gasteiger partial charge in [0.2, 0.25) is 0 Å². The predicted octanol–water partition coefficient (Wildman–Crippen LogP) is 2.91. The van der Waals surface area contributed by atoms with Crippen LogP contribution in [0.2, 0.25) is 5.02 Å². The van der Waals surface area contributed by atoms with Crippen molar-refractivity contribution in [3.8, 4) is 22.8 Å². The smallest absolute Gasteiger partial charge is 0.170 e. The van der Waals surface area contributed by atoms with Crippen molar-refractivity contribution >= 4 is 17.4 Å². The van der Waals surface area contributed by atoms with Crippen LogP contribution in [0.15, 0.2) is 16.7 Å². The fourth-order valence-corrected chi connectivity index (χ4v) is 2.57. The normalized spacial score (nSPS) is 17.1. The summed E-state index contributed by atoms with van der Waals surface area (Å²) in [4.78, 5) is 0. The number of methoxy groups -OCH3 is 1. The van der Waals surface area contributed by atoms with Crippen LogP contribution >= 0.6 is 11.6 Å². The minimum atomic E-state index is 0.0800. The zero-order valence-electron chi connectivity index (χ0n) is 10.6. The molecular weight excluding hydrogens is 268 g/mol. The van der Waals surface area contributed by atoms with Crippen LogP contribution in [0.5, 0.6) is 11.5 Å². The molecule has 0 radical (unpaired) electrons. The van der Waals surface area contributed by atoms with E-state index in [-0.39, 0.29) is 6.10 Å². The van der Waals surface area contributed by atoms with Crippen LogP contribution in [0.1, 0.15) is 12.5 Å². The van der Waals surface area contributed by atoms with Gasteiger partial charge in [-0.15, -0.1) is 0 Å². The lowest BCUT2D eigenvalue weighted by Gasteiger charge is -2.11. The highest BCUT2D eigenvalue weighted by Crippen LogP contribution is 2.46. The molecule has 0 spiro atoms. The van der Waals surface area contributed by atoms with Crippen molar-refractivity contribution in [2.45, 2.75) is 19.4 Å². The van der Waals surface area contributed by atoms with E-state index in [4.69, 9.17) is 31.3 Å². The van der Waals surface area contributed by atoms with Crippen LogP contribution < -0.4 is 15.2 Å². The summed E-state index contributed by atoms with van der Waals surface area (Å²) in [5.41, 5.74) is 7.20. The molecule has 0 saturated carbocycles. The molecule has 3 rings (SSSR count). The number of hydrogen-bond acceptors (Lipinski definition) is 5. The van der Waals surface area contributed by atoms with Crippen LogP contribution in [-0.4, -0.2) is 18.4 Å². The molecule has 0 aliphatic carbocycles. The SMILES string of the molecule is COc1cc(-c2cc(N)no2)c(Cl)c2c1OC(C)C2. The van der Waals surface area contributed by atoms with E-state index in [0.29, 0.717) is 33.7 Å². The van der Waals surface area contributed by atoms with E-state index in [1.165, 1.54) is 0 Å². The van der Waals surface area contributed by atoms with Crippen molar-refractivity contribution in [3.05, 3.63) is 22.7 Å². The number of fused-ring (bicyclic) bond motifs is 1. The fraction of sp³-hybridized carbons (Fsp3) is 0.308. The number of nitrogen functional groups attached to an aromatic ring is 1. The van der Waals surface area contributed by atoms with Gasteiger partial charge in [0, 0.05) is 23.6 Å². The Morgan fingerprint density at radius 2 is 2.26 bits per heavy atom. The van der Waals surface area contributed by atoms with Gasteiger partial charge >= 0.3 is 0 Å². The highest BCUT2D eigenvalue weighted by atomic mass is 35.5. The van der Waals surface area contributed by atoms with Gasteiger partial charge < -0.3 is 19.7 Å². The first kappa shape index (κ1) is 12.2. The molecule has 0 fully saturated rings. The Labute approximate surface area is 115 Å². The van der Waals surface area contributed by atoms with Gasteiger partial charge in [-0.05, 0) is 13.0 Å². The van der Waals surface area contributed by atoms with E-state index < -0.39 is 0 Å².